The van der Waals surface area contributed by atoms with Crippen LogP contribution in [0, 0.1) is 52.6 Å². The number of rotatable bonds is 21. The fourth-order valence-electron chi connectivity index (χ4n) is 17.9. The highest BCUT2D eigenvalue weighted by Crippen LogP contribution is 2.64. The Morgan fingerprint density at radius 2 is 1.42 bits per heavy atom. The molecule has 0 spiro atoms. The van der Waals surface area contributed by atoms with Crippen molar-refractivity contribution in [1.29, 1.82) is 0 Å². The molecule has 1 amide bonds. The number of hydrogen-bond acceptors (Lipinski definition) is 8. The zero-order valence-electron chi connectivity index (χ0n) is 54.5. The SMILES string of the molecule is C=C(CCC1C[C@@H](C)NC[C@@H]1CN1CCC[C@H](C(=O)N2CCCC(C3([C@H]4CCCC(C[C@H]5CN[C@H](C)CN5CC(=O)Cc5cc(Cc6ccc(F)cc6)c(=O)[nH]c5C(C)(C)CC)C4)CC3)CC2)C1)C1CC(C)(C)c2[nH]c(=O)c(Cc3ccc(F)cc3)cc21.[HH].[HH].[HH].[HH]. The van der Waals surface area contributed by atoms with Crippen LogP contribution in [0.15, 0.2) is 82.4 Å². The van der Waals surface area contributed by atoms with E-state index in [1.54, 1.807) is 24.3 Å². The molecule has 88 heavy (non-hydrogen) atoms. The largest absolute Gasteiger partial charge is 0.342 e. The first-order valence-electron chi connectivity index (χ1n) is 34.6. The highest BCUT2D eigenvalue weighted by molar-refractivity contribution is 5.83. The third kappa shape index (κ3) is 15.0. The Morgan fingerprint density at radius 1 is 0.750 bits per heavy atom. The molecule has 11 nitrogen and oxygen atoms in total. The van der Waals surface area contributed by atoms with Gasteiger partial charge in [0.2, 0.25) is 5.91 Å². The molecule has 4 N–H and O–H groups in total. The van der Waals surface area contributed by atoms with E-state index in [1.807, 2.05) is 6.07 Å². The number of piperidine rings is 2. The van der Waals surface area contributed by atoms with Crippen LogP contribution in [0.5, 0.6) is 0 Å². The van der Waals surface area contributed by atoms with E-state index in [0.29, 0.717) is 83.6 Å². The number of Topliss-reactive ketones (excluding diaryl/α,β-unsaturated/α-hetero) is 1. The van der Waals surface area contributed by atoms with Crippen molar-refractivity contribution < 1.29 is 24.1 Å². The summed E-state index contributed by atoms with van der Waals surface area (Å²) in [6.45, 7) is 28.0. The van der Waals surface area contributed by atoms with Crippen LogP contribution < -0.4 is 21.8 Å². The number of aromatic amines is 2. The van der Waals surface area contributed by atoms with Gasteiger partial charge in [0.05, 0.1) is 12.5 Å². The van der Waals surface area contributed by atoms with Crippen LogP contribution in [-0.2, 0) is 39.7 Å². The van der Waals surface area contributed by atoms with Gasteiger partial charge in [-0.05, 0) is 217 Å². The lowest BCUT2D eigenvalue weighted by atomic mass is 9.66. The molecule has 2 aromatic carbocycles. The topological polar surface area (TPSA) is 134 Å². The highest BCUT2D eigenvalue weighted by atomic mass is 19.1. The molecule has 6 heterocycles. The standard InChI is InChI=1S/C75H105F2N7O4.4H2/c1-9-73(5,6)68-56(38-57(70(86)80-68)34-51-18-23-62(76)24-19-51)39-65(85)47-84-44-50(4)79-43-64(84)37-53-13-10-15-61(36-53)75(28-29-75)60-16-12-31-83(32-27-60)72(88)55-14-11-30-82(45-55)46-59-42-78-49(3)33-54(59)22-17-48(2)67-41-74(7,8)69-66(67)40-58(71(87)81-69)35-52-20-25-63(77)26-21-52;;;;/h18-21,23-26,38,40,49-50,53-55,59-61,64,67,78-79H,2,9-17,22,27-37,39,41-47H2,1,3-8H3,(H,80,86)(H,81,87);4*1H/t49-,50-,53?,54?,55+,59-,60?,61+,64+,67?;;;;/m1..../s1. The quantitative estimate of drug-likeness (QED) is 0.0606. The number of hydrogen-bond donors (Lipinski definition) is 4. The number of carbonyl (C=O) groups is 2. The molecule has 11 rings (SSSR count). The number of aromatic nitrogens is 2. The first-order chi connectivity index (χ1) is 42.1. The van der Waals surface area contributed by atoms with Gasteiger partial charge < -0.3 is 30.4 Å². The molecule has 0 radical (unpaired) electrons. The zero-order valence-corrected chi connectivity index (χ0v) is 54.5. The molecule has 2 aromatic heterocycles. The molecule has 2 saturated carbocycles. The highest BCUT2D eigenvalue weighted by Gasteiger charge is 2.55. The molecule has 10 atom stereocenters. The Balaban J connectivity index is 0.00000300. The van der Waals surface area contributed by atoms with Gasteiger partial charge in [-0.1, -0.05) is 83.9 Å². The molecule has 0 bridgehead atoms. The predicted octanol–water partition coefficient (Wildman–Crippen LogP) is 13.7. The van der Waals surface area contributed by atoms with Crippen molar-refractivity contribution in [3.8, 4) is 0 Å². The van der Waals surface area contributed by atoms with Crippen molar-refractivity contribution in [1.82, 2.24) is 35.3 Å². The van der Waals surface area contributed by atoms with Gasteiger partial charge in [0, 0.05) is 122 Å². The number of carbonyl (C=O) groups excluding carboxylic acids is 2. The number of likely N-dealkylation sites (tertiary alicyclic amines) is 2. The second-order valence-corrected chi connectivity index (χ2v) is 30.6. The molecular weight excluding hydrogens is 1100 g/mol. The monoisotopic (exact) mass is 1210 g/mol. The lowest BCUT2D eigenvalue weighted by Gasteiger charge is -2.43. The van der Waals surface area contributed by atoms with Crippen molar-refractivity contribution in [2.24, 2.45) is 40.9 Å². The number of allylic oxidation sites excluding steroid dienone is 1. The molecule has 7 aliphatic rings. The van der Waals surface area contributed by atoms with E-state index in [9.17, 15) is 28.0 Å². The van der Waals surface area contributed by atoms with Gasteiger partial charge in [-0.3, -0.25) is 24.1 Å². The van der Waals surface area contributed by atoms with Crippen LogP contribution in [0.1, 0.15) is 214 Å². The number of H-pyrrole nitrogens is 2. The third-order valence-corrected chi connectivity index (χ3v) is 23.4. The predicted molar refractivity (Wildman–Crippen MR) is 358 cm³/mol. The van der Waals surface area contributed by atoms with Crippen molar-refractivity contribution in [3.05, 3.63) is 150 Å². The summed E-state index contributed by atoms with van der Waals surface area (Å²) in [4.78, 5) is 69.9. The number of amides is 1. The molecule has 4 unspecified atom stereocenters. The number of benzene rings is 2. The van der Waals surface area contributed by atoms with Crippen molar-refractivity contribution in [2.45, 2.75) is 212 Å². The van der Waals surface area contributed by atoms with Crippen LogP contribution in [0.25, 0.3) is 0 Å². The first kappa shape index (κ1) is 64.4. The van der Waals surface area contributed by atoms with Crippen LogP contribution in [0.2, 0.25) is 0 Å². The Labute approximate surface area is 530 Å². The van der Waals surface area contributed by atoms with Crippen LogP contribution in [0.3, 0.4) is 0 Å². The van der Waals surface area contributed by atoms with E-state index in [2.05, 4.69) is 89.8 Å². The number of ketones is 1. The van der Waals surface area contributed by atoms with E-state index < -0.39 is 0 Å². The Kier molecular flexibility index (Phi) is 20.1. The van der Waals surface area contributed by atoms with Gasteiger partial charge >= 0.3 is 0 Å². The van der Waals surface area contributed by atoms with Gasteiger partial charge in [-0.25, -0.2) is 8.78 Å². The van der Waals surface area contributed by atoms with Crippen molar-refractivity contribution in [2.75, 3.05) is 58.9 Å². The number of piperazine rings is 1. The summed E-state index contributed by atoms with van der Waals surface area (Å²) in [5.41, 5.74) is 8.01. The molecule has 4 aromatic rings. The van der Waals surface area contributed by atoms with Gasteiger partial charge in [0.15, 0.2) is 5.78 Å². The van der Waals surface area contributed by atoms with Crippen LogP contribution >= 0.6 is 0 Å². The molecule has 13 heteroatoms. The van der Waals surface area contributed by atoms with Crippen LogP contribution in [-0.4, -0.2) is 113 Å². The minimum Gasteiger partial charge on any atom is -0.342 e. The maximum atomic E-state index is 14.7. The molecule has 4 aliphatic heterocycles. The van der Waals surface area contributed by atoms with Gasteiger partial charge in [-0.2, -0.15) is 0 Å². The number of fused-ring (bicyclic) bond motifs is 1. The lowest BCUT2D eigenvalue weighted by Crippen LogP contribution is -2.57. The second-order valence-electron chi connectivity index (χ2n) is 30.6. The lowest BCUT2D eigenvalue weighted by molar-refractivity contribution is -0.137. The smallest absolute Gasteiger partial charge is 0.251 e. The summed E-state index contributed by atoms with van der Waals surface area (Å²) in [7, 11) is 0. The molecule has 4 saturated heterocycles. The van der Waals surface area contributed by atoms with E-state index in [4.69, 9.17) is 6.58 Å². The maximum absolute atomic E-state index is 14.7. The van der Waals surface area contributed by atoms with Gasteiger partial charge in [-0.15, -0.1) is 0 Å². The zero-order chi connectivity index (χ0) is 62.1. The molecular formula is C75H113F2N7O4. The maximum Gasteiger partial charge on any atom is 0.251 e. The normalized spacial score (nSPS) is 28.4. The summed E-state index contributed by atoms with van der Waals surface area (Å²) in [5, 5.41) is 7.62. The number of nitrogens with zero attached hydrogens (tertiary/aromatic N) is 3. The molecule has 6 fully saturated rings. The molecule has 3 aliphatic carbocycles. The summed E-state index contributed by atoms with van der Waals surface area (Å²) in [5.74, 6) is 3.33. The minimum absolute atomic E-state index is 0. The average molecular weight is 1210 g/mol. The van der Waals surface area contributed by atoms with E-state index in [0.717, 1.165) is 151 Å². The fraction of sp³-hybridized carbons (Fsp3) is 0.653. The first-order valence-corrected chi connectivity index (χ1v) is 34.6. The Bertz CT molecular complexity index is 3240. The van der Waals surface area contributed by atoms with Gasteiger partial charge in [0.1, 0.15) is 11.6 Å². The van der Waals surface area contributed by atoms with Crippen molar-refractivity contribution in [3.63, 3.8) is 0 Å². The molecule has 486 valence electrons. The second kappa shape index (κ2) is 27.4. The number of pyridine rings is 2. The van der Waals surface area contributed by atoms with E-state index in [1.165, 1.54) is 80.3 Å². The third-order valence-electron chi connectivity index (χ3n) is 23.4. The minimum atomic E-state index is -0.313. The van der Waals surface area contributed by atoms with E-state index >= 15 is 0 Å². The Morgan fingerprint density at radius 3 is 2.12 bits per heavy atom. The summed E-state index contributed by atoms with van der Waals surface area (Å²) in [6.07, 6.45) is 20.4. The van der Waals surface area contributed by atoms with Crippen LogP contribution in [0.4, 0.5) is 8.78 Å². The van der Waals surface area contributed by atoms with Crippen molar-refractivity contribution >= 4 is 11.7 Å². The Hall–Kier alpha value is -5.08. The average Bonchev–Trinajstić information content (AvgIpc) is 1.59. The summed E-state index contributed by atoms with van der Waals surface area (Å²) >= 11 is 0. The number of nitrogens with one attached hydrogen (secondary N) is 4. The van der Waals surface area contributed by atoms with Gasteiger partial charge in [0.25, 0.3) is 11.1 Å². The number of halogens is 2. The van der Waals surface area contributed by atoms with E-state index in [-0.39, 0.29) is 63.3 Å². The fourth-order valence-corrected chi connectivity index (χ4v) is 17.9. The summed E-state index contributed by atoms with van der Waals surface area (Å²) < 4.78 is 27.5. The summed E-state index contributed by atoms with van der Waals surface area (Å²) in [6, 6.07) is 17.9.